The molecule has 12 aromatic rings. The second-order valence-electron chi connectivity index (χ2n) is 15.7. The van der Waals surface area contributed by atoms with Crippen LogP contribution in [0.25, 0.3) is 96.6 Å². The van der Waals surface area contributed by atoms with E-state index in [2.05, 4.69) is 229 Å². The highest BCUT2D eigenvalue weighted by Crippen LogP contribution is 2.49. The molecular weight excluding hydrogens is 743 g/mol. The summed E-state index contributed by atoms with van der Waals surface area (Å²) in [5.74, 6) is 0. The van der Waals surface area contributed by atoms with Crippen LogP contribution in [0.4, 0.5) is 17.1 Å². The fourth-order valence-electron chi connectivity index (χ4n) is 9.31. The number of hydrogen-bond acceptors (Lipinski definition) is 2. The third-order valence-electron chi connectivity index (χ3n) is 12.2. The highest BCUT2D eigenvalue weighted by atomic mass is 32.1. The number of rotatable bonds is 6. The van der Waals surface area contributed by atoms with Gasteiger partial charge in [-0.05, 0) is 131 Å². The standard InChI is InChI=1S/C58H37NS/c1-2-14-38(15-3-1)42-29-28-39-30-31-48(35-46(39)33-42)59(55-37-45-17-5-7-23-50(45)58-57(55)53-26-10-11-27-56(53)60-58)47-21-13-19-41(34-47)40-18-12-20-43(32-40)54-36-44-16-4-6-22-49(44)51-24-8-9-25-52(51)54/h1-37H. The maximum atomic E-state index is 2.49. The van der Waals surface area contributed by atoms with Crippen LogP contribution in [0, 0.1) is 0 Å². The third-order valence-corrected chi connectivity index (χ3v) is 13.4. The van der Waals surface area contributed by atoms with Gasteiger partial charge >= 0.3 is 0 Å². The second-order valence-corrected chi connectivity index (χ2v) is 16.7. The van der Waals surface area contributed by atoms with E-state index < -0.39 is 0 Å². The molecule has 0 atom stereocenters. The van der Waals surface area contributed by atoms with Crippen LogP contribution in [0.1, 0.15) is 0 Å². The summed E-state index contributed by atoms with van der Waals surface area (Å²) in [6.45, 7) is 0. The maximum absolute atomic E-state index is 2.49. The lowest BCUT2D eigenvalue weighted by Crippen LogP contribution is -2.10. The molecule has 0 radical (unpaired) electrons. The van der Waals surface area contributed by atoms with Crippen molar-refractivity contribution in [1.29, 1.82) is 0 Å². The maximum Gasteiger partial charge on any atom is 0.0561 e. The van der Waals surface area contributed by atoms with Gasteiger partial charge in [0.15, 0.2) is 0 Å². The Bertz CT molecular complexity index is 3620. The van der Waals surface area contributed by atoms with Gasteiger partial charge < -0.3 is 4.90 Å². The largest absolute Gasteiger partial charge is 0.310 e. The van der Waals surface area contributed by atoms with Gasteiger partial charge in [-0.25, -0.2) is 0 Å². The van der Waals surface area contributed by atoms with Gasteiger partial charge in [0.1, 0.15) is 0 Å². The Hall–Kier alpha value is -7.52. The van der Waals surface area contributed by atoms with E-state index >= 15 is 0 Å². The molecule has 1 nitrogen and oxygen atoms in total. The fraction of sp³-hybridized carbons (Fsp3) is 0. The first-order chi connectivity index (χ1) is 29.7. The van der Waals surface area contributed by atoms with Gasteiger partial charge in [-0.15, -0.1) is 11.3 Å². The monoisotopic (exact) mass is 779 g/mol. The molecular formula is C58H37NS. The molecule has 0 saturated carbocycles. The summed E-state index contributed by atoms with van der Waals surface area (Å²) in [5.41, 5.74) is 10.6. The van der Waals surface area contributed by atoms with Gasteiger partial charge in [-0.3, -0.25) is 0 Å². The van der Waals surface area contributed by atoms with Crippen LogP contribution in [-0.2, 0) is 0 Å². The van der Waals surface area contributed by atoms with Crippen molar-refractivity contribution in [1.82, 2.24) is 0 Å². The quantitative estimate of drug-likeness (QED) is 0.152. The smallest absolute Gasteiger partial charge is 0.0561 e. The minimum atomic E-state index is 1.11. The molecule has 11 aromatic carbocycles. The van der Waals surface area contributed by atoms with Crippen molar-refractivity contribution in [2.75, 3.05) is 4.90 Å². The molecule has 1 heterocycles. The first-order valence-electron chi connectivity index (χ1n) is 20.6. The lowest BCUT2D eigenvalue weighted by atomic mass is 9.92. The van der Waals surface area contributed by atoms with E-state index in [1.54, 1.807) is 0 Å². The molecule has 0 spiro atoms. The van der Waals surface area contributed by atoms with Gasteiger partial charge in [0.05, 0.1) is 5.69 Å². The molecule has 0 bridgehead atoms. The summed E-state index contributed by atoms with van der Waals surface area (Å²) < 4.78 is 2.61. The molecule has 0 aliphatic carbocycles. The van der Waals surface area contributed by atoms with Crippen molar-refractivity contribution in [3.63, 3.8) is 0 Å². The highest BCUT2D eigenvalue weighted by Gasteiger charge is 2.22. The normalized spacial score (nSPS) is 11.7. The predicted molar refractivity (Wildman–Crippen MR) is 260 cm³/mol. The molecule has 0 unspecified atom stereocenters. The van der Waals surface area contributed by atoms with Crippen molar-refractivity contribution < 1.29 is 0 Å². The molecule has 2 heteroatoms. The molecule has 0 N–H and O–H groups in total. The summed E-state index contributed by atoms with van der Waals surface area (Å²) in [5, 5.41) is 12.6. The van der Waals surface area contributed by atoms with Crippen molar-refractivity contribution in [3.8, 4) is 33.4 Å². The Labute approximate surface area is 352 Å². The van der Waals surface area contributed by atoms with Crippen molar-refractivity contribution in [2.24, 2.45) is 0 Å². The van der Waals surface area contributed by atoms with Gasteiger partial charge in [-0.2, -0.15) is 0 Å². The summed E-state index contributed by atoms with van der Waals surface area (Å²) in [4.78, 5) is 2.49. The fourth-order valence-corrected chi connectivity index (χ4v) is 10.6. The average molecular weight is 780 g/mol. The molecule has 12 rings (SSSR count). The van der Waals surface area contributed by atoms with Crippen molar-refractivity contribution in [2.45, 2.75) is 0 Å². The Kier molecular flexibility index (Phi) is 8.11. The molecule has 0 aliphatic rings. The van der Waals surface area contributed by atoms with E-state index in [0.717, 1.165) is 11.4 Å². The Morgan fingerprint density at radius 2 is 0.900 bits per heavy atom. The van der Waals surface area contributed by atoms with Gasteiger partial charge in [0.2, 0.25) is 0 Å². The van der Waals surface area contributed by atoms with Crippen LogP contribution in [0.2, 0.25) is 0 Å². The lowest BCUT2D eigenvalue weighted by molar-refractivity contribution is 1.31. The molecule has 60 heavy (non-hydrogen) atoms. The van der Waals surface area contributed by atoms with Crippen molar-refractivity contribution >= 4 is 91.7 Å². The number of fused-ring (bicyclic) bond motifs is 9. The lowest BCUT2D eigenvalue weighted by Gasteiger charge is -2.28. The topological polar surface area (TPSA) is 3.24 Å². The summed E-state index contributed by atoms with van der Waals surface area (Å²) >= 11 is 1.89. The molecule has 280 valence electrons. The summed E-state index contributed by atoms with van der Waals surface area (Å²) in [7, 11) is 0. The minimum absolute atomic E-state index is 1.11. The predicted octanol–water partition coefficient (Wildman–Crippen LogP) is 17.1. The van der Waals surface area contributed by atoms with E-state index in [1.165, 1.54) is 102 Å². The second kappa shape index (κ2) is 14.1. The van der Waals surface area contributed by atoms with Gasteiger partial charge in [0, 0.05) is 31.5 Å². The van der Waals surface area contributed by atoms with Crippen LogP contribution in [0.3, 0.4) is 0 Å². The molecule has 0 aliphatic heterocycles. The molecule has 0 saturated heterocycles. The van der Waals surface area contributed by atoms with Gasteiger partial charge in [0.25, 0.3) is 0 Å². The van der Waals surface area contributed by atoms with Crippen LogP contribution in [0.15, 0.2) is 224 Å². The van der Waals surface area contributed by atoms with E-state index in [1.807, 2.05) is 11.3 Å². The third kappa shape index (κ3) is 5.76. The number of nitrogens with zero attached hydrogens (tertiary/aromatic N) is 1. The SMILES string of the molecule is c1ccc(-c2ccc3ccc(N(c4cccc(-c5cccc(-c6cc7ccccc7c7ccccc67)c5)c4)c4cc5ccccc5c5sc6ccccc6c45)cc3c2)cc1. The van der Waals surface area contributed by atoms with Crippen LogP contribution in [0.5, 0.6) is 0 Å². The Morgan fingerprint density at radius 1 is 0.300 bits per heavy atom. The minimum Gasteiger partial charge on any atom is -0.310 e. The zero-order chi connectivity index (χ0) is 39.6. The number of benzene rings is 11. The Morgan fingerprint density at radius 3 is 1.75 bits per heavy atom. The first-order valence-corrected chi connectivity index (χ1v) is 21.4. The van der Waals surface area contributed by atoms with E-state index in [-0.39, 0.29) is 0 Å². The van der Waals surface area contributed by atoms with E-state index in [4.69, 9.17) is 0 Å². The number of anilines is 3. The van der Waals surface area contributed by atoms with E-state index in [9.17, 15) is 0 Å². The van der Waals surface area contributed by atoms with Crippen LogP contribution < -0.4 is 4.90 Å². The van der Waals surface area contributed by atoms with Crippen LogP contribution in [-0.4, -0.2) is 0 Å². The summed E-state index contributed by atoms with van der Waals surface area (Å²) in [6, 6.07) is 82.6. The zero-order valence-electron chi connectivity index (χ0n) is 32.7. The van der Waals surface area contributed by atoms with Crippen LogP contribution >= 0.6 is 11.3 Å². The molecule has 1 aromatic heterocycles. The number of hydrogen-bond donors (Lipinski definition) is 0. The number of thiophene rings is 1. The van der Waals surface area contributed by atoms with Gasteiger partial charge in [-0.1, -0.05) is 170 Å². The summed E-state index contributed by atoms with van der Waals surface area (Å²) in [6.07, 6.45) is 0. The molecule has 0 amide bonds. The van der Waals surface area contributed by atoms with E-state index in [0.29, 0.717) is 0 Å². The zero-order valence-corrected chi connectivity index (χ0v) is 33.5. The van der Waals surface area contributed by atoms with Crippen molar-refractivity contribution in [3.05, 3.63) is 224 Å². The average Bonchev–Trinajstić information content (AvgIpc) is 3.72. The Balaban J connectivity index is 1.07. The molecule has 0 fully saturated rings. The first kappa shape index (κ1) is 34.5. The highest BCUT2D eigenvalue weighted by molar-refractivity contribution is 7.26.